The minimum atomic E-state index is -0.776. The Kier molecular flexibility index (Phi) is 3.43. The molecular formula is C16H14F2N2O. The lowest BCUT2D eigenvalue weighted by Gasteiger charge is -2.10. The average molecular weight is 288 g/mol. The first-order valence-corrected chi connectivity index (χ1v) is 6.71. The number of aliphatic hydroxyl groups is 1. The first-order chi connectivity index (χ1) is 10.1. The van der Waals surface area contributed by atoms with E-state index in [1.807, 2.05) is 6.92 Å². The zero-order chi connectivity index (χ0) is 15.0. The largest absolute Gasteiger partial charge is 0.387 e. The quantitative estimate of drug-likeness (QED) is 0.797. The van der Waals surface area contributed by atoms with Gasteiger partial charge in [-0.1, -0.05) is 6.92 Å². The Bertz CT molecular complexity index is 781. The number of imidazole rings is 1. The van der Waals surface area contributed by atoms with Crippen LogP contribution in [0.4, 0.5) is 8.78 Å². The second kappa shape index (κ2) is 5.26. The Morgan fingerprint density at radius 2 is 1.76 bits per heavy atom. The zero-order valence-electron chi connectivity index (χ0n) is 11.4. The third kappa shape index (κ3) is 2.40. The van der Waals surface area contributed by atoms with E-state index >= 15 is 0 Å². The summed E-state index contributed by atoms with van der Waals surface area (Å²) in [5.74, 6) is -0.749. The van der Waals surface area contributed by atoms with Gasteiger partial charge in [-0.3, -0.25) is 4.40 Å². The van der Waals surface area contributed by atoms with Gasteiger partial charge in [0.1, 0.15) is 17.3 Å². The van der Waals surface area contributed by atoms with Crippen LogP contribution in [-0.2, 0) is 0 Å². The van der Waals surface area contributed by atoms with Crippen LogP contribution in [0, 0.1) is 11.6 Å². The number of benzene rings is 1. The summed E-state index contributed by atoms with van der Waals surface area (Å²) in [4.78, 5) is 4.44. The summed E-state index contributed by atoms with van der Waals surface area (Å²) in [6, 6.07) is 8.73. The molecule has 1 aromatic carbocycles. The van der Waals surface area contributed by atoms with Crippen molar-refractivity contribution in [2.45, 2.75) is 19.4 Å². The van der Waals surface area contributed by atoms with E-state index in [-0.39, 0.29) is 5.82 Å². The summed E-state index contributed by atoms with van der Waals surface area (Å²) in [5, 5.41) is 10.2. The number of nitrogens with zero attached hydrogens (tertiary/aromatic N) is 2. The van der Waals surface area contributed by atoms with Crippen molar-refractivity contribution < 1.29 is 13.9 Å². The first-order valence-electron chi connectivity index (χ1n) is 6.71. The number of hydrogen-bond acceptors (Lipinski definition) is 2. The van der Waals surface area contributed by atoms with E-state index in [9.17, 15) is 13.9 Å². The van der Waals surface area contributed by atoms with E-state index in [0.717, 1.165) is 0 Å². The molecule has 2 heterocycles. The lowest BCUT2D eigenvalue weighted by Crippen LogP contribution is -2.02. The van der Waals surface area contributed by atoms with Crippen molar-refractivity contribution in [1.29, 1.82) is 0 Å². The number of pyridine rings is 1. The van der Waals surface area contributed by atoms with Gasteiger partial charge < -0.3 is 5.11 Å². The van der Waals surface area contributed by atoms with Gasteiger partial charge in [0.2, 0.25) is 0 Å². The van der Waals surface area contributed by atoms with Crippen LogP contribution in [0.1, 0.15) is 25.1 Å². The Morgan fingerprint density at radius 3 is 2.43 bits per heavy atom. The molecule has 0 aliphatic carbocycles. The number of rotatable bonds is 3. The smallest absolute Gasteiger partial charge is 0.139 e. The molecular weight excluding hydrogens is 274 g/mol. The summed E-state index contributed by atoms with van der Waals surface area (Å²) in [7, 11) is 0. The van der Waals surface area contributed by atoms with Crippen LogP contribution < -0.4 is 0 Å². The van der Waals surface area contributed by atoms with Crippen LogP contribution in [0.3, 0.4) is 0 Å². The molecule has 0 radical (unpaired) electrons. The van der Waals surface area contributed by atoms with Crippen LogP contribution in [0.25, 0.3) is 16.9 Å². The molecule has 0 amide bonds. The molecule has 0 saturated carbocycles. The number of hydrogen-bond donors (Lipinski definition) is 1. The van der Waals surface area contributed by atoms with Gasteiger partial charge in [-0.25, -0.2) is 13.8 Å². The van der Waals surface area contributed by atoms with E-state index in [1.165, 1.54) is 24.4 Å². The standard InChI is InChI=1S/C16H14F2N2O/c1-2-13(21)16-15(10-3-5-11(17)6-4-10)19-14-8-7-12(18)9-20(14)16/h3-9,13,21H,2H2,1H3. The Balaban J connectivity index is 2.28. The molecule has 1 atom stereocenters. The highest BCUT2D eigenvalue weighted by molar-refractivity contribution is 5.67. The molecule has 3 nitrogen and oxygen atoms in total. The first kappa shape index (κ1) is 13.7. The molecule has 0 spiro atoms. The highest BCUT2D eigenvalue weighted by Crippen LogP contribution is 2.30. The van der Waals surface area contributed by atoms with Gasteiger partial charge in [-0.15, -0.1) is 0 Å². The Morgan fingerprint density at radius 1 is 1.10 bits per heavy atom. The predicted octanol–water partition coefficient (Wildman–Crippen LogP) is 3.72. The van der Waals surface area contributed by atoms with E-state index in [4.69, 9.17) is 0 Å². The fourth-order valence-corrected chi connectivity index (χ4v) is 2.37. The van der Waals surface area contributed by atoms with Crippen molar-refractivity contribution in [3.63, 3.8) is 0 Å². The second-order valence-corrected chi connectivity index (χ2v) is 4.85. The van der Waals surface area contributed by atoms with Crippen molar-refractivity contribution in [2.24, 2.45) is 0 Å². The van der Waals surface area contributed by atoms with Gasteiger partial charge in [0.25, 0.3) is 0 Å². The summed E-state index contributed by atoms with van der Waals surface area (Å²) in [6.07, 6.45) is 0.990. The topological polar surface area (TPSA) is 37.5 Å². The minimum Gasteiger partial charge on any atom is -0.387 e. The molecule has 3 aromatic rings. The summed E-state index contributed by atoms with van der Waals surface area (Å²) in [5.41, 5.74) is 2.27. The predicted molar refractivity (Wildman–Crippen MR) is 75.8 cm³/mol. The van der Waals surface area contributed by atoms with E-state index in [0.29, 0.717) is 29.0 Å². The van der Waals surface area contributed by atoms with Crippen molar-refractivity contribution in [1.82, 2.24) is 9.38 Å². The minimum absolute atomic E-state index is 0.342. The van der Waals surface area contributed by atoms with Crippen LogP contribution in [0.15, 0.2) is 42.6 Å². The fourth-order valence-electron chi connectivity index (χ4n) is 2.37. The van der Waals surface area contributed by atoms with E-state index < -0.39 is 11.9 Å². The third-order valence-corrected chi connectivity index (χ3v) is 3.44. The van der Waals surface area contributed by atoms with Crippen LogP contribution in [-0.4, -0.2) is 14.5 Å². The molecule has 108 valence electrons. The molecule has 0 aliphatic heterocycles. The number of fused-ring (bicyclic) bond motifs is 1. The molecule has 0 fully saturated rings. The maximum absolute atomic E-state index is 13.5. The van der Waals surface area contributed by atoms with Gasteiger partial charge in [0, 0.05) is 11.8 Å². The van der Waals surface area contributed by atoms with Crippen molar-refractivity contribution in [2.75, 3.05) is 0 Å². The zero-order valence-corrected chi connectivity index (χ0v) is 11.4. The van der Waals surface area contributed by atoms with Crippen molar-refractivity contribution >= 4 is 5.65 Å². The molecule has 0 saturated heterocycles. The lowest BCUT2D eigenvalue weighted by molar-refractivity contribution is 0.168. The Hall–Kier alpha value is -2.27. The monoisotopic (exact) mass is 288 g/mol. The highest BCUT2D eigenvalue weighted by Gasteiger charge is 2.20. The molecule has 5 heteroatoms. The van der Waals surface area contributed by atoms with Gasteiger partial charge in [0.05, 0.1) is 17.5 Å². The van der Waals surface area contributed by atoms with E-state index in [1.54, 1.807) is 22.6 Å². The average Bonchev–Trinajstić information content (AvgIpc) is 2.85. The van der Waals surface area contributed by atoms with Gasteiger partial charge in [-0.05, 0) is 42.8 Å². The number of halogens is 2. The molecule has 0 aliphatic rings. The third-order valence-electron chi connectivity index (χ3n) is 3.44. The Labute approximate surface area is 120 Å². The van der Waals surface area contributed by atoms with E-state index in [2.05, 4.69) is 4.98 Å². The molecule has 21 heavy (non-hydrogen) atoms. The molecule has 3 rings (SSSR count). The molecule has 1 unspecified atom stereocenters. The maximum atomic E-state index is 13.5. The maximum Gasteiger partial charge on any atom is 0.139 e. The summed E-state index contributed by atoms with van der Waals surface area (Å²) >= 11 is 0. The SMILES string of the molecule is CCC(O)c1c(-c2ccc(F)cc2)nc2ccc(F)cn12. The normalized spacial score (nSPS) is 12.8. The van der Waals surface area contributed by atoms with Crippen LogP contribution in [0.5, 0.6) is 0 Å². The summed E-state index contributed by atoms with van der Waals surface area (Å²) < 4.78 is 28.1. The van der Waals surface area contributed by atoms with Crippen LogP contribution in [0.2, 0.25) is 0 Å². The van der Waals surface area contributed by atoms with Gasteiger partial charge >= 0.3 is 0 Å². The molecule has 2 aromatic heterocycles. The number of aliphatic hydroxyl groups excluding tert-OH is 1. The van der Waals surface area contributed by atoms with Gasteiger partial charge in [-0.2, -0.15) is 0 Å². The van der Waals surface area contributed by atoms with Crippen LogP contribution >= 0.6 is 0 Å². The number of aromatic nitrogens is 2. The lowest BCUT2D eigenvalue weighted by atomic mass is 10.1. The molecule has 0 bridgehead atoms. The summed E-state index contributed by atoms with van der Waals surface area (Å²) in [6.45, 7) is 1.83. The van der Waals surface area contributed by atoms with Crippen molar-refractivity contribution in [3.05, 3.63) is 59.9 Å². The fraction of sp³-hybridized carbons (Fsp3) is 0.188. The highest BCUT2D eigenvalue weighted by atomic mass is 19.1. The second-order valence-electron chi connectivity index (χ2n) is 4.85. The molecule has 1 N–H and O–H groups in total. The van der Waals surface area contributed by atoms with Gasteiger partial charge in [0.15, 0.2) is 0 Å². The van der Waals surface area contributed by atoms with Crippen molar-refractivity contribution in [3.8, 4) is 11.3 Å².